The molecule has 0 N–H and O–H groups in total. The van der Waals surface area contributed by atoms with Crippen molar-refractivity contribution < 1.29 is 40.1 Å². The molecule has 1 aromatic rings. The molecule has 0 aliphatic heterocycles. The van der Waals surface area contributed by atoms with Crippen LogP contribution in [0.5, 0.6) is 0 Å². The van der Waals surface area contributed by atoms with Crippen molar-refractivity contribution in [3.8, 4) is 0 Å². The van der Waals surface area contributed by atoms with E-state index in [1.165, 1.54) is 0 Å². The van der Waals surface area contributed by atoms with Crippen molar-refractivity contribution in [3.05, 3.63) is 55.9 Å². The van der Waals surface area contributed by atoms with Gasteiger partial charge in [0.2, 0.25) is 0 Å². The van der Waals surface area contributed by atoms with Crippen molar-refractivity contribution in [1.29, 1.82) is 0 Å². The Hall–Kier alpha value is -1.17. The molecule has 3 nitrogen and oxygen atoms in total. The molecule has 0 aliphatic rings. The van der Waals surface area contributed by atoms with Gasteiger partial charge < -0.3 is 0 Å². The molecule has 0 fully saturated rings. The summed E-state index contributed by atoms with van der Waals surface area (Å²) in [6.07, 6.45) is 0. The van der Waals surface area contributed by atoms with E-state index in [1.807, 2.05) is 0 Å². The predicted octanol–water partition coefficient (Wildman–Crippen LogP) is 1.85. The molecule has 72 valence electrons. The fourth-order valence-corrected chi connectivity index (χ4v) is 0.430. The first kappa shape index (κ1) is 23.6. The van der Waals surface area contributed by atoms with Crippen LogP contribution in [0.15, 0.2) is 24.3 Å². The van der Waals surface area contributed by atoms with Crippen LogP contribution >= 0.6 is 0 Å². The van der Waals surface area contributed by atoms with Gasteiger partial charge in [-0.05, 0) is 24.3 Å². The van der Waals surface area contributed by atoms with Gasteiger partial charge in [-0.3, -0.25) is 0 Å². The van der Waals surface area contributed by atoms with E-state index in [9.17, 15) is 8.78 Å². The van der Waals surface area contributed by atoms with E-state index in [-0.39, 0.29) is 17.4 Å². The van der Waals surface area contributed by atoms with E-state index < -0.39 is 11.6 Å². The van der Waals surface area contributed by atoms with Crippen molar-refractivity contribution >= 4 is 0 Å². The third-order valence-electron chi connectivity index (χ3n) is 0.804. The van der Waals surface area contributed by atoms with Crippen LogP contribution in [0.4, 0.5) is 8.78 Å². The Balaban J connectivity index is -0.0000000755. The van der Waals surface area contributed by atoms with Gasteiger partial charge in [-0.25, -0.2) is 8.78 Å². The second-order valence-corrected chi connectivity index (χ2v) is 1.44. The van der Waals surface area contributed by atoms with Crippen LogP contribution in [0, 0.1) is 31.6 Å². The summed E-state index contributed by atoms with van der Waals surface area (Å²) in [5.41, 5.74) is 0. The normalized spacial score (nSPS) is 5.33. The molecule has 0 unspecified atom stereocenters. The Labute approximate surface area is 96.4 Å². The molecule has 0 radical (unpaired) electrons. The zero-order chi connectivity index (χ0) is 12.0. The van der Waals surface area contributed by atoms with Gasteiger partial charge in [-0.15, -0.1) is 0 Å². The maximum atomic E-state index is 11.9. The molecule has 6 heteroatoms. The van der Waals surface area contributed by atoms with Crippen molar-refractivity contribution in [1.82, 2.24) is 0 Å². The van der Waals surface area contributed by atoms with E-state index in [0.29, 0.717) is 0 Å². The molecule has 0 heterocycles. The first-order valence-electron chi connectivity index (χ1n) is 2.81. The number of hydrogen-bond acceptors (Lipinski definition) is 0. The molecule has 0 bridgehead atoms. The Morgan fingerprint density at radius 2 is 0.800 bits per heavy atom. The van der Waals surface area contributed by atoms with Gasteiger partial charge in [-0.1, -0.05) is 0 Å². The van der Waals surface area contributed by atoms with E-state index in [4.69, 9.17) is 14.0 Å². The molecule has 0 saturated carbocycles. The van der Waals surface area contributed by atoms with Gasteiger partial charge >= 0.3 is 51.3 Å². The van der Waals surface area contributed by atoms with Gasteiger partial charge in [0.25, 0.3) is 0 Å². The zero-order valence-electron chi connectivity index (χ0n) is 7.20. The first-order chi connectivity index (χ1) is 6.79. The van der Waals surface area contributed by atoms with E-state index in [0.717, 1.165) is 24.3 Å². The molecule has 15 heavy (non-hydrogen) atoms. The predicted molar refractivity (Wildman–Crippen MR) is 38.1 cm³/mol. The minimum atomic E-state index is -0.411. The van der Waals surface area contributed by atoms with Crippen LogP contribution in [0.1, 0.15) is 0 Å². The third kappa shape index (κ3) is 19.3. The standard InChI is InChI=1S/C6H4F2.3CO.Cr/c7-5-1-2-6(8)4-3-5;3*1-2;/h1-4H;;;;/q;;;;+6. The van der Waals surface area contributed by atoms with Crippen LogP contribution < -0.4 is 0 Å². The Bertz CT molecular complexity index is 244. The van der Waals surface area contributed by atoms with Crippen molar-refractivity contribution in [2.45, 2.75) is 0 Å². The van der Waals surface area contributed by atoms with Crippen molar-refractivity contribution in [2.75, 3.05) is 0 Å². The summed E-state index contributed by atoms with van der Waals surface area (Å²) in [5, 5.41) is 0. The maximum Gasteiger partial charge on any atom is 6.00 e. The van der Waals surface area contributed by atoms with Crippen LogP contribution in [-0.4, -0.2) is 0 Å². The molecule has 0 saturated heterocycles. The summed E-state index contributed by atoms with van der Waals surface area (Å²) in [6, 6.07) is 4.31. The zero-order valence-corrected chi connectivity index (χ0v) is 8.47. The van der Waals surface area contributed by atoms with E-state index in [2.05, 4.69) is 20.0 Å². The summed E-state index contributed by atoms with van der Waals surface area (Å²) in [7, 11) is 0. The summed E-state index contributed by atoms with van der Waals surface area (Å²) in [6.45, 7) is 13.5. The smallest absolute Gasteiger partial charge is 6.00 e. The molecule has 0 aromatic heterocycles. The summed E-state index contributed by atoms with van der Waals surface area (Å²) < 4.78 is 46.3. The molecular formula is C9H4CrF2O3+6. The van der Waals surface area contributed by atoms with Gasteiger partial charge in [0.1, 0.15) is 11.6 Å². The minimum absolute atomic E-state index is 0. The summed E-state index contributed by atoms with van der Waals surface area (Å²) in [5.74, 6) is -0.821. The monoisotopic (exact) mass is 250 g/mol. The van der Waals surface area contributed by atoms with Crippen LogP contribution in [0.3, 0.4) is 0 Å². The number of hydrogen-bond donors (Lipinski definition) is 0. The maximum absolute atomic E-state index is 11.9. The van der Waals surface area contributed by atoms with Crippen molar-refractivity contribution in [2.24, 2.45) is 0 Å². The third-order valence-corrected chi connectivity index (χ3v) is 0.804. The van der Waals surface area contributed by atoms with E-state index >= 15 is 0 Å². The van der Waals surface area contributed by atoms with Crippen molar-refractivity contribution in [3.63, 3.8) is 0 Å². The molecule has 0 amide bonds. The average molecular weight is 250 g/mol. The molecular weight excluding hydrogens is 246 g/mol. The van der Waals surface area contributed by atoms with Gasteiger partial charge in [0.05, 0.1) is 0 Å². The summed E-state index contributed by atoms with van der Waals surface area (Å²) >= 11 is 0. The molecule has 0 aliphatic carbocycles. The summed E-state index contributed by atoms with van der Waals surface area (Å²) in [4.78, 5) is 0. The quantitative estimate of drug-likeness (QED) is 0.498. The topological polar surface area (TPSA) is 59.7 Å². The molecule has 1 aromatic carbocycles. The number of halogens is 2. The average Bonchev–Trinajstić information content (AvgIpc) is 2.31. The fraction of sp³-hybridized carbons (Fsp3) is 0. The second-order valence-electron chi connectivity index (χ2n) is 1.44. The Kier molecular flexibility index (Phi) is 36.2. The first-order valence-corrected chi connectivity index (χ1v) is 2.81. The number of benzene rings is 1. The fourth-order valence-electron chi connectivity index (χ4n) is 0.430. The van der Waals surface area contributed by atoms with Crippen LogP contribution in [0.25, 0.3) is 0 Å². The molecule has 0 atom stereocenters. The molecule has 1 rings (SSSR count). The van der Waals surface area contributed by atoms with Gasteiger partial charge in [0.15, 0.2) is 0 Å². The minimum Gasteiger partial charge on any atom is 6.00 e. The van der Waals surface area contributed by atoms with Crippen LogP contribution in [0.2, 0.25) is 0 Å². The Morgan fingerprint density at radius 3 is 0.933 bits per heavy atom. The Morgan fingerprint density at radius 1 is 0.667 bits per heavy atom. The SMILES string of the molecule is Fc1ccc(F)cc1.[C-]#[O+].[C-]#[O+].[C-]#[O+].[Cr+6]. The number of rotatable bonds is 0. The van der Waals surface area contributed by atoms with Gasteiger partial charge in [0, 0.05) is 0 Å². The van der Waals surface area contributed by atoms with E-state index in [1.54, 1.807) is 0 Å². The van der Waals surface area contributed by atoms with Crippen LogP contribution in [-0.2, 0) is 31.3 Å². The second kappa shape index (κ2) is 23.0. The van der Waals surface area contributed by atoms with Gasteiger partial charge in [-0.2, -0.15) is 0 Å². The largest absolute Gasteiger partial charge is 6.00 e. The molecule has 0 spiro atoms.